The summed E-state index contributed by atoms with van der Waals surface area (Å²) in [5, 5.41) is 7.84. The molecule has 1 atom stereocenters. The zero-order chi connectivity index (χ0) is 22.6. The lowest BCUT2D eigenvalue weighted by Crippen LogP contribution is -2.30. The summed E-state index contributed by atoms with van der Waals surface area (Å²) in [5.41, 5.74) is 3.05. The first-order valence-corrected chi connectivity index (χ1v) is 11.6. The third-order valence-electron chi connectivity index (χ3n) is 5.76. The molecule has 1 unspecified atom stereocenters. The Bertz CT molecular complexity index is 1480. The first-order chi connectivity index (χ1) is 15.3. The first-order valence-electron chi connectivity index (χ1n) is 10.2. The molecular formula is C23H23N5O3S. The lowest BCUT2D eigenvalue weighted by molar-refractivity contribution is 0.414. The number of methoxy groups -OCH3 is 1. The number of ether oxygens (including phenoxy) is 1. The van der Waals surface area contributed by atoms with E-state index in [1.807, 2.05) is 48.9 Å². The number of nitrogens with zero attached hydrogens (tertiary/aromatic N) is 4. The van der Waals surface area contributed by atoms with Crippen LogP contribution in [0.25, 0.3) is 11.0 Å². The van der Waals surface area contributed by atoms with Crippen LogP contribution in [0.15, 0.2) is 70.1 Å². The van der Waals surface area contributed by atoms with Crippen molar-refractivity contribution in [1.29, 1.82) is 0 Å². The number of allylic oxidation sites excluding steroid dienone is 2. The highest BCUT2D eigenvalue weighted by Gasteiger charge is 2.40. The van der Waals surface area contributed by atoms with Crippen LogP contribution in [-0.4, -0.2) is 34.9 Å². The highest BCUT2D eigenvalue weighted by Crippen LogP contribution is 2.41. The molecule has 9 heteroatoms. The summed E-state index contributed by atoms with van der Waals surface area (Å²) >= 11 is 0. The van der Waals surface area contributed by atoms with Crippen molar-refractivity contribution < 1.29 is 13.2 Å². The van der Waals surface area contributed by atoms with Crippen LogP contribution < -0.4 is 10.1 Å². The molecule has 0 saturated heterocycles. The van der Waals surface area contributed by atoms with Crippen molar-refractivity contribution >= 4 is 26.7 Å². The average Bonchev–Trinajstić information content (AvgIpc) is 3.31. The van der Waals surface area contributed by atoms with E-state index in [9.17, 15) is 8.42 Å². The number of anilines is 1. The lowest BCUT2D eigenvalue weighted by atomic mass is 10.2. The minimum atomic E-state index is -3.87. The molecule has 5 rings (SSSR count). The predicted octanol–water partition coefficient (Wildman–Crippen LogP) is 3.81. The Morgan fingerprint density at radius 3 is 2.47 bits per heavy atom. The largest absolute Gasteiger partial charge is 0.497 e. The van der Waals surface area contributed by atoms with Crippen molar-refractivity contribution in [3.63, 3.8) is 0 Å². The quantitative estimate of drug-likeness (QED) is 0.510. The van der Waals surface area contributed by atoms with E-state index in [2.05, 4.69) is 10.4 Å². The van der Waals surface area contributed by atoms with Gasteiger partial charge in [-0.3, -0.25) is 0 Å². The van der Waals surface area contributed by atoms with E-state index in [1.165, 1.54) is 0 Å². The maximum atomic E-state index is 13.9. The Kier molecular flexibility index (Phi) is 4.59. The number of nitrogens with one attached hydrogen (secondary N) is 1. The lowest BCUT2D eigenvalue weighted by Gasteiger charge is -2.29. The van der Waals surface area contributed by atoms with Gasteiger partial charge in [0.15, 0.2) is 0 Å². The molecule has 3 heterocycles. The summed E-state index contributed by atoms with van der Waals surface area (Å²) in [6.45, 7) is 3.66. The van der Waals surface area contributed by atoms with E-state index in [1.54, 1.807) is 43.0 Å². The van der Waals surface area contributed by atoms with Crippen molar-refractivity contribution in [2.45, 2.75) is 24.8 Å². The van der Waals surface area contributed by atoms with E-state index in [-0.39, 0.29) is 9.80 Å². The predicted molar refractivity (Wildman–Crippen MR) is 122 cm³/mol. The Hall–Kier alpha value is -3.59. The minimum Gasteiger partial charge on any atom is -0.497 e. The standard InChI is InChI=1S/C23H23N5O3S/c1-14-13-20-24-15(2)22(32(29,30)17-11-9-16(31-4)10-12-17)21(28(20)26-14)23-25-18-7-5-6-8-19(18)27(23)3/h5-13,21,24H,1-4H3. The summed E-state index contributed by atoms with van der Waals surface area (Å²) in [6.07, 6.45) is 0. The smallest absolute Gasteiger partial charge is 0.207 e. The Balaban J connectivity index is 1.76. The highest BCUT2D eigenvalue weighted by molar-refractivity contribution is 7.95. The van der Waals surface area contributed by atoms with E-state index in [4.69, 9.17) is 9.72 Å². The third kappa shape index (κ3) is 3.00. The Morgan fingerprint density at radius 2 is 1.78 bits per heavy atom. The molecule has 2 aromatic carbocycles. The number of aromatic nitrogens is 4. The van der Waals surface area contributed by atoms with Crippen molar-refractivity contribution in [3.8, 4) is 5.75 Å². The van der Waals surface area contributed by atoms with Gasteiger partial charge in [-0.2, -0.15) is 5.10 Å². The molecule has 0 saturated carbocycles. The van der Waals surface area contributed by atoms with Gasteiger partial charge in [-0.15, -0.1) is 0 Å². The highest BCUT2D eigenvalue weighted by atomic mass is 32.2. The second-order valence-electron chi connectivity index (χ2n) is 7.83. The molecule has 32 heavy (non-hydrogen) atoms. The maximum absolute atomic E-state index is 13.9. The number of sulfone groups is 1. The molecule has 1 aliphatic heterocycles. The van der Waals surface area contributed by atoms with Gasteiger partial charge >= 0.3 is 0 Å². The van der Waals surface area contributed by atoms with Crippen LogP contribution in [-0.2, 0) is 16.9 Å². The average molecular weight is 450 g/mol. The number of hydrogen-bond acceptors (Lipinski definition) is 6. The molecule has 2 aromatic heterocycles. The van der Waals surface area contributed by atoms with Crippen LogP contribution in [0.2, 0.25) is 0 Å². The van der Waals surface area contributed by atoms with Crippen LogP contribution in [0.1, 0.15) is 24.5 Å². The van der Waals surface area contributed by atoms with Crippen LogP contribution in [0.3, 0.4) is 0 Å². The van der Waals surface area contributed by atoms with Gasteiger partial charge in [0.05, 0.1) is 28.7 Å². The monoisotopic (exact) mass is 449 g/mol. The second kappa shape index (κ2) is 7.23. The molecule has 0 amide bonds. The molecule has 0 fully saturated rings. The fraction of sp³-hybridized carbons (Fsp3) is 0.217. The zero-order valence-corrected chi connectivity index (χ0v) is 19.0. The molecular weight excluding hydrogens is 426 g/mol. The van der Waals surface area contributed by atoms with Crippen LogP contribution >= 0.6 is 0 Å². The molecule has 1 N–H and O–H groups in total. The van der Waals surface area contributed by atoms with Gasteiger partial charge in [0, 0.05) is 18.8 Å². The number of rotatable bonds is 4. The summed E-state index contributed by atoms with van der Waals surface area (Å²) in [5.74, 6) is 1.92. The Morgan fingerprint density at radius 1 is 1.06 bits per heavy atom. The van der Waals surface area contributed by atoms with Crippen molar-refractivity contribution in [3.05, 3.63) is 76.7 Å². The molecule has 4 aromatic rings. The molecule has 0 bridgehead atoms. The van der Waals surface area contributed by atoms with E-state index < -0.39 is 15.9 Å². The van der Waals surface area contributed by atoms with Gasteiger partial charge in [0.25, 0.3) is 0 Å². The minimum absolute atomic E-state index is 0.186. The number of imidazole rings is 1. The summed E-state index contributed by atoms with van der Waals surface area (Å²) in [6, 6.07) is 15.3. The van der Waals surface area contributed by atoms with Crippen molar-refractivity contribution in [1.82, 2.24) is 19.3 Å². The molecule has 0 radical (unpaired) electrons. The van der Waals surface area contributed by atoms with Crippen molar-refractivity contribution in [2.24, 2.45) is 7.05 Å². The molecule has 8 nitrogen and oxygen atoms in total. The molecule has 0 spiro atoms. The Labute approximate surface area is 186 Å². The number of benzene rings is 2. The fourth-order valence-corrected chi connectivity index (χ4v) is 5.94. The first kappa shape index (κ1) is 20.3. The van der Waals surface area contributed by atoms with Crippen molar-refractivity contribution in [2.75, 3.05) is 12.4 Å². The second-order valence-corrected chi connectivity index (χ2v) is 9.75. The van der Waals surface area contributed by atoms with Gasteiger partial charge in [0.1, 0.15) is 28.3 Å². The van der Waals surface area contributed by atoms with E-state index >= 15 is 0 Å². The van der Waals surface area contributed by atoms with Gasteiger partial charge in [0.2, 0.25) is 9.84 Å². The topological polar surface area (TPSA) is 91.0 Å². The number of hydrogen-bond donors (Lipinski definition) is 1. The zero-order valence-electron chi connectivity index (χ0n) is 18.2. The van der Waals surface area contributed by atoms with Crippen LogP contribution in [0, 0.1) is 6.92 Å². The van der Waals surface area contributed by atoms with Gasteiger partial charge in [-0.1, -0.05) is 12.1 Å². The number of aryl methyl sites for hydroxylation is 2. The van der Waals surface area contributed by atoms with Crippen LogP contribution in [0.5, 0.6) is 5.75 Å². The van der Waals surface area contributed by atoms with Gasteiger partial charge < -0.3 is 14.6 Å². The summed E-state index contributed by atoms with van der Waals surface area (Å²) in [4.78, 5) is 5.22. The summed E-state index contributed by atoms with van der Waals surface area (Å²) < 4.78 is 36.6. The van der Waals surface area contributed by atoms with Gasteiger partial charge in [-0.25, -0.2) is 18.1 Å². The summed E-state index contributed by atoms with van der Waals surface area (Å²) in [7, 11) is -0.429. The van der Waals surface area contributed by atoms with Gasteiger partial charge in [-0.05, 0) is 50.2 Å². The van der Waals surface area contributed by atoms with Crippen LogP contribution in [0.4, 0.5) is 5.82 Å². The van der Waals surface area contributed by atoms with E-state index in [0.717, 1.165) is 22.5 Å². The van der Waals surface area contributed by atoms with E-state index in [0.29, 0.717) is 17.3 Å². The normalized spacial score (nSPS) is 16.2. The number of para-hydroxylation sites is 2. The fourth-order valence-electron chi connectivity index (χ4n) is 4.24. The molecule has 164 valence electrons. The molecule has 0 aliphatic carbocycles. The number of fused-ring (bicyclic) bond motifs is 2. The third-order valence-corrected chi connectivity index (χ3v) is 7.76. The maximum Gasteiger partial charge on any atom is 0.207 e. The molecule has 1 aliphatic rings. The SMILES string of the molecule is COc1ccc(S(=O)(=O)C2=C(C)Nc3cc(C)nn3C2c2nc3ccccc3n2C)cc1.